The van der Waals surface area contributed by atoms with Gasteiger partial charge in [-0.1, -0.05) is 171 Å². The van der Waals surface area contributed by atoms with Crippen LogP contribution in [0.4, 0.5) is 0 Å². The van der Waals surface area contributed by atoms with Crippen LogP contribution in [-0.4, -0.2) is 15.0 Å². The highest BCUT2D eigenvalue weighted by Crippen LogP contribution is 2.54. The quantitative estimate of drug-likeness (QED) is 0.182. The largest absolute Gasteiger partial charge is 0.208 e. The monoisotopic (exact) mass is 679 g/mol. The third-order valence-electron chi connectivity index (χ3n) is 10.1. The molecule has 0 radical (unpaired) electrons. The summed E-state index contributed by atoms with van der Waals surface area (Å²) in [6.07, 6.45) is 0.406. The lowest BCUT2D eigenvalue weighted by atomic mass is 9.78. The summed E-state index contributed by atoms with van der Waals surface area (Å²) >= 11 is 0. The second-order valence-corrected chi connectivity index (χ2v) is 13.3. The minimum absolute atomic E-state index is 0.0106. The molecule has 0 saturated heterocycles. The number of benzene rings is 7. The van der Waals surface area contributed by atoms with Crippen molar-refractivity contribution in [2.24, 2.45) is 0 Å². The standard InChI is InChI=1S/C49H35N3/c1-49(2)44-28-10-9-21-39(44)41-27-14-26-40(45(41)49)38-25-13-24-37-36-23-12-22-35(42(36)30-43(37)38)33-19-11-20-34(29-33)48-51-46(31-15-5-3-6-16-31)50-47(52-48)32-17-7-4-8-18-32/h3-29H,30H2,1-2H3/i3D,4D,5D,6D,7D,8D,11D,15D,16D,17D,18D,19D,20D,29D. The fourth-order valence-corrected chi connectivity index (χ4v) is 7.82. The van der Waals surface area contributed by atoms with E-state index in [2.05, 4.69) is 77.3 Å². The Kier molecular flexibility index (Phi) is 4.37. The molecule has 0 unspecified atom stereocenters. The minimum atomic E-state index is -0.721. The molecule has 0 spiro atoms. The van der Waals surface area contributed by atoms with Crippen LogP contribution in [0.5, 0.6) is 0 Å². The molecule has 2 aliphatic rings. The van der Waals surface area contributed by atoms with Crippen molar-refractivity contribution in [1.82, 2.24) is 15.0 Å². The van der Waals surface area contributed by atoms with E-state index in [1.54, 1.807) is 6.07 Å². The normalized spacial score (nSPS) is 17.0. The predicted octanol–water partition coefficient (Wildman–Crippen LogP) is 12.1. The number of aromatic nitrogens is 3. The maximum Gasteiger partial charge on any atom is 0.164 e. The zero-order valence-electron chi connectivity index (χ0n) is 42.1. The molecule has 0 N–H and O–H groups in total. The summed E-state index contributed by atoms with van der Waals surface area (Å²) in [5.41, 5.74) is 9.40. The van der Waals surface area contributed by atoms with Gasteiger partial charge in [0.2, 0.25) is 0 Å². The molecule has 3 nitrogen and oxygen atoms in total. The van der Waals surface area contributed by atoms with Gasteiger partial charge >= 0.3 is 0 Å². The maximum absolute atomic E-state index is 9.76. The summed E-state index contributed by atoms with van der Waals surface area (Å²) in [6, 6.07) is 17.4. The SMILES string of the molecule is [2H]c1c([2H])c([2H])c(-c2nc(-c3c([2H])c([2H])c([2H])c([2H])c3[2H])nc(-c3c([2H])c([2H])c([2H])c(-c4cccc5c4Cc4c-5cccc4-c4cccc5c4C(C)(C)c4ccccc4-5)c3[2H])n2)c([2H])c1[2H]. The van der Waals surface area contributed by atoms with Crippen LogP contribution in [0.1, 0.15) is 55.3 Å². The van der Waals surface area contributed by atoms with Crippen molar-refractivity contribution in [3.63, 3.8) is 0 Å². The molecule has 0 fully saturated rings. The summed E-state index contributed by atoms with van der Waals surface area (Å²) in [7, 11) is 0. The Morgan fingerprint density at radius 2 is 0.885 bits per heavy atom. The van der Waals surface area contributed by atoms with Gasteiger partial charge in [-0.2, -0.15) is 0 Å². The highest BCUT2D eigenvalue weighted by Gasteiger charge is 2.38. The van der Waals surface area contributed by atoms with Crippen molar-refractivity contribution < 1.29 is 19.2 Å². The summed E-state index contributed by atoms with van der Waals surface area (Å²) in [5.74, 6) is -1.65. The molecule has 0 atom stereocenters. The molecular formula is C49H35N3. The Balaban J connectivity index is 1.19. The second-order valence-electron chi connectivity index (χ2n) is 13.3. The van der Waals surface area contributed by atoms with Gasteiger partial charge in [-0.05, 0) is 79.2 Å². The summed E-state index contributed by atoms with van der Waals surface area (Å²) in [4.78, 5) is 13.2. The fourth-order valence-electron chi connectivity index (χ4n) is 7.82. The summed E-state index contributed by atoms with van der Waals surface area (Å²) in [6.45, 7) is 4.48. The average Bonchev–Trinajstić information content (AvgIpc) is 3.81. The Morgan fingerprint density at radius 3 is 1.52 bits per heavy atom. The van der Waals surface area contributed by atoms with Crippen molar-refractivity contribution in [3.05, 3.63) is 186 Å². The van der Waals surface area contributed by atoms with Crippen molar-refractivity contribution in [2.45, 2.75) is 25.7 Å². The molecule has 246 valence electrons. The van der Waals surface area contributed by atoms with Gasteiger partial charge in [-0.3, -0.25) is 0 Å². The van der Waals surface area contributed by atoms with Crippen LogP contribution in [0.25, 0.3) is 78.7 Å². The minimum Gasteiger partial charge on any atom is -0.208 e. The van der Waals surface area contributed by atoms with E-state index < -0.39 is 113 Å². The highest BCUT2D eigenvalue weighted by atomic mass is 15.0. The van der Waals surface area contributed by atoms with Crippen molar-refractivity contribution >= 4 is 0 Å². The van der Waals surface area contributed by atoms with E-state index in [0.717, 1.165) is 33.4 Å². The van der Waals surface area contributed by atoms with E-state index in [4.69, 9.17) is 16.4 Å². The lowest BCUT2D eigenvalue weighted by molar-refractivity contribution is 0.662. The van der Waals surface area contributed by atoms with E-state index in [9.17, 15) is 2.74 Å². The van der Waals surface area contributed by atoms with Gasteiger partial charge in [0.1, 0.15) is 0 Å². The first-order valence-corrected chi connectivity index (χ1v) is 16.9. The number of fused-ring (bicyclic) bond motifs is 6. The Labute approximate surface area is 324 Å². The summed E-state index contributed by atoms with van der Waals surface area (Å²) in [5, 5.41) is 0. The van der Waals surface area contributed by atoms with E-state index >= 15 is 0 Å². The predicted molar refractivity (Wildman–Crippen MR) is 213 cm³/mol. The molecule has 0 aliphatic heterocycles. The molecule has 52 heavy (non-hydrogen) atoms. The molecule has 0 saturated carbocycles. The van der Waals surface area contributed by atoms with Gasteiger partial charge in [-0.25, -0.2) is 15.0 Å². The van der Waals surface area contributed by atoms with E-state index in [-0.39, 0.29) is 16.5 Å². The summed E-state index contributed by atoms with van der Waals surface area (Å²) < 4.78 is 122. The molecule has 2 aliphatic carbocycles. The van der Waals surface area contributed by atoms with Gasteiger partial charge in [0.05, 0.1) is 19.2 Å². The van der Waals surface area contributed by atoms with Gasteiger partial charge in [-0.15, -0.1) is 0 Å². The van der Waals surface area contributed by atoms with Crippen LogP contribution in [-0.2, 0) is 11.8 Å². The third-order valence-corrected chi connectivity index (χ3v) is 10.1. The van der Waals surface area contributed by atoms with Gasteiger partial charge in [0.15, 0.2) is 17.5 Å². The van der Waals surface area contributed by atoms with Gasteiger partial charge < -0.3 is 0 Å². The van der Waals surface area contributed by atoms with Crippen molar-refractivity contribution in [2.75, 3.05) is 0 Å². The first-order chi connectivity index (χ1) is 31.4. The number of nitrogens with zero attached hydrogens (tertiary/aromatic N) is 3. The molecule has 3 heteroatoms. The Bertz CT molecular complexity index is 3350. The fraction of sp³-hybridized carbons (Fsp3) is 0.0816. The Hall–Kier alpha value is -6.45. The first-order valence-electron chi connectivity index (χ1n) is 23.9. The van der Waals surface area contributed by atoms with Crippen LogP contribution in [0.15, 0.2) is 163 Å². The molecule has 0 amide bonds. The molecule has 1 aromatic heterocycles. The van der Waals surface area contributed by atoms with Crippen LogP contribution >= 0.6 is 0 Å². The smallest absolute Gasteiger partial charge is 0.164 e. The lowest BCUT2D eigenvalue weighted by Crippen LogP contribution is -2.16. The van der Waals surface area contributed by atoms with Crippen molar-refractivity contribution in [1.29, 1.82) is 0 Å². The van der Waals surface area contributed by atoms with E-state index in [0.29, 0.717) is 12.0 Å². The molecule has 1 heterocycles. The average molecular weight is 680 g/mol. The van der Waals surface area contributed by atoms with Crippen LogP contribution < -0.4 is 0 Å². The van der Waals surface area contributed by atoms with Crippen LogP contribution in [0.2, 0.25) is 0 Å². The maximum atomic E-state index is 9.76. The van der Waals surface area contributed by atoms with Gasteiger partial charge in [0.25, 0.3) is 0 Å². The second kappa shape index (κ2) is 11.8. The third kappa shape index (κ3) is 4.77. The topological polar surface area (TPSA) is 38.7 Å². The van der Waals surface area contributed by atoms with Crippen molar-refractivity contribution in [3.8, 4) is 78.7 Å². The molecular weight excluding hydrogens is 631 g/mol. The lowest BCUT2D eigenvalue weighted by Gasteiger charge is -2.25. The molecule has 0 bridgehead atoms. The van der Waals surface area contributed by atoms with Gasteiger partial charge in [0, 0.05) is 22.1 Å². The molecule has 10 rings (SSSR count). The number of hydrogen-bond donors (Lipinski definition) is 0. The van der Waals surface area contributed by atoms with E-state index in [1.165, 1.54) is 22.3 Å². The molecule has 7 aromatic carbocycles. The van der Waals surface area contributed by atoms with Crippen LogP contribution in [0, 0.1) is 0 Å². The zero-order chi connectivity index (χ0) is 47.0. The number of hydrogen-bond acceptors (Lipinski definition) is 3. The number of rotatable bonds is 5. The Morgan fingerprint density at radius 1 is 0.442 bits per heavy atom. The van der Waals surface area contributed by atoms with Crippen LogP contribution in [0.3, 0.4) is 0 Å². The van der Waals surface area contributed by atoms with E-state index in [1.807, 2.05) is 24.3 Å². The molecule has 8 aromatic rings. The first kappa shape index (κ1) is 19.2. The highest BCUT2D eigenvalue weighted by molar-refractivity contribution is 5.94. The zero-order valence-corrected chi connectivity index (χ0v) is 28.1.